The van der Waals surface area contributed by atoms with Gasteiger partial charge in [0, 0.05) is 11.7 Å². The fourth-order valence-corrected chi connectivity index (χ4v) is 3.18. The van der Waals surface area contributed by atoms with E-state index in [2.05, 4.69) is 10.6 Å². The van der Waals surface area contributed by atoms with Gasteiger partial charge in [0.05, 0.1) is 11.7 Å². The van der Waals surface area contributed by atoms with Crippen LogP contribution >= 0.6 is 0 Å². The summed E-state index contributed by atoms with van der Waals surface area (Å²) in [6, 6.07) is 14.1. The van der Waals surface area contributed by atoms with Gasteiger partial charge in [0.15, 0.2) is 0 Å². The summed E-state index contributed by atoms with van der Waals surface area (Å²) >= 11 is 0. The van der Waals surface area contributed by atoms with Gasteiger partial charge < -0.3 is 20.5 Å². The first kappa shape index (κ1) is 18.8. The Bertz CT molecular complexity index is 779. The SMILES string of the molecule is Cc1ccc(NC(=O)N[C@H]2CC[C@H](Oc3ccc(C(=O)O)cc3)CC2)cc1. The topological polar surface area (TPSA) is 87.7 Å². The van der Waals surface area contributed by atoms with Crippen LogP contribution in [0.3, 0.4) is 0 Å². The molecule has 6 nitrogen and oxygen atoms in total. The standard InChI is InChI=1S/C21H24N2O4/c1-14-2-6-16(7-3-14)22-21(26)23-17-8-12-19(13-9-17)27-18-10-4-15(5-11-18)20(24)25/h2-7,10-11,17,19H,8-9,12-13H2,1H3,(H,24,25)(H2,22,23,26)/t17-,19-. The molecule has 0 saturated heterocycles. The summed E-state index contributed by atoms with van der Waals surface area (Å²) in [5.74, 6) is -0.273. The van der Waals surface area contributed by atoms with Crippen LogP contribution in [0.4, 0.5) is 10.5 Å². The molecule has 0 aliphatic heterocycles. The molecule has 27 heavy (non-hydrogen) atoms. The van der Waals surface area contributed by atoms with Crippen molar-refractivity contribution in [3.05, 3.63) is 59.7 Å². The number of benzene rings is 2. The third kappa shape index (κ3) is 5.48. The number of ether oxygens (including phenoxy) is 1. The van der Waals surface area contributed by atoms with E-state index in [1.54, 1.807) is 24.3 Å². The van der Waals surface area contributed by atoms with Crippen molar-refractivity contribution in [3.63, 3.8) is 0 Å². The number of carboxylic acids is 1. The molecule has 0 bridgehead atoms. The van der Waals surface area contributed by atoms with Gasteiger partial charge in [-0.05, 0) is 69.0 Å². The molecule has 1 fully saturated rings. The molecule has 1 aliphatic rings. The second-order valence-corrected chi connectivity index (χ2v) is 6.89. The molecule has 1 aliphatic carbocycles. The summed E-state index contributed by atoms with van der Waals surface area (Å²) in [5.41, 5.74) is 2.17. The van der Waals surface area contributed by atoms with Gasteiger partial charge in [0.25, 0.3) is 0 Å². The minimum atomic E-state index is -0.947. The molecule has 0 aromatic heterocycles. The summed E-state index contributed by atoms with van der Waals surface area (Å²) in [5, 5.41) is 14.8. The molecule has 2 amide bonds. The van der Waals surface area contributed by atoms with E-state index < -0.39 is 5.97 Å². The van der Waals surface area contributed by atoms with Crippen molar-refractivity contribution in [1.29, 1.82) is 0 Å². The van der Waals surface area contributed by atoms with Crippen molar-refractivity contribution in [2.45, 2.75) is 44.8 Å². The lowest BCUT2D eigenvalue weighted by molar-refractivity contribution is 0.0696. The quantitative estimate of drug-likeness (QED) is 0.738. The average Bonchev–Trinajstić information content (AvgIpc) is 2.66. The summed E-state index contributed by atoms with van der Waals surface area (Å²) < 4.78 is 5.93. The Morgan fingerprint density at radius 1 is 0.963 bits per heavy atom. The summed E-state index contributed by atoms with van der Waals surface area (Å²) in [7, 11) is 0. The third-order valence-corrected chi connectivity index (χ3v) is 4.72. The molecule has 0 heterocycles. The Hall–Kier alpha value is -3.02. The molecule has 1 saturated carbocycles. The van der Waals surface area contributed by atoms with Crippen LogP contribution in [0.2, 0.25) is 0 Å². The number of urea groups is 1. The van der Waals surface area contributed by atoms with E-state index in [-0.39, 0.29) is 23.7 Å². The monoisotopic (exact) mass is 368 g/mol. The minimum Gasteiger partial charge on any atom is -0.490 e. The lowest BCUT2D eigenvalue weighted by Gasteiger charge is -2.29. The number of aryl methyl sites for hydroxylation is 1. The van der Waals surface area contributed by atoms with Crippen LogP contribution in [0, 0.1) is 6.92 Å². The van der Waals surface area contributed by atoms with Crippen LogP contribution < -0.4 is 15.4 Å². The molecular weight excluding hydrogens is 344 g/mol. The van der Waals surface area contributed by atoms with Crippen LogP contribution in [-0.2, 0) is 0 Å². The molecule has 0 unspecified atom stereocenters. The largest absolute Gasteiger partial charge is 0.490 e. The fraction of sp³-hybridized carbons (Fsp3) is 0.333. The van der Waals surface area contributed by atoms with Gasteiger partial charge in [-0.25, -0.2) is 9.59 Å². The molecule has 3 N–H and O–H groups in total. The lowest BCUT2D eigenvalue weighted by atomic mass is 9.93. The van der Waals surface area contributed by atoms with Crippen LogP contribution in [0.5, 0.6) is 5.75 Å². The number of hydrogen-bond donors (Lipinski definition) is 3. The number of amides is 2. The van der Waals surface area contributed by atoms with Crippen LogP contribution in [0.1, 0.15) is 41.6 Å². The highest BCUT2D eigenvalue weighted by Crippen LogP contribution is 2.24. The van der Waals surface area contributed by atoms with E-state index in [4.69, 9.17) is 9.84 Å². The summed E-state index contributed by atoms with van der Waals surface area (Å²) in [4.78, 5) is 23.0. The van der Waals surface area contributed by atoms with E-state index >= 15 is 0 Å². The molecule has 6 heteroatoms. The third-order valence-electron chi connectivity index (χ3n) is 4.72. The van der Waals surface area contributed by atoms with E-state index in [1.807, 2.05) is 31.2 Å². The predicted octanol–water partition coefficient (Wildman–Crippen LogP) is 4.20. The maximum Gasteiger partial charge on any atom is 0.335 e. The van der Waals surface area contributed by atoms with Gasteiger partial charge >= 0.3 is 12.0 Å². The Balaban J connectivity index is 1.42. The van der Waals surface area contributed by atoms with E-state index in [1.165, 1.54) is 0 Å². The van der Waals surface area contributed by atoms with Gasteiger partial charge in [-0.1, -0.05) is 17.7 Å². The number of carbonyl (C=O) groups is 2. The van der Waals surface area contributed by atoms with Crippen molar-refractivity contribution in [3.8, 4) is 5.75 Å². The molecular formula is C21H24N2O4. The van der Waals surface area contributed by atoms with Crippen LogP contribution in [-0.4, -0.2) is 29.3 Å². The second-order valence-electron chi connectivity index (χ2n) is 6.89. The number of rotatable bonds is 5. The Labute approximate surface area is 158 Å². The van der Waals surface area contributed by atoms with E-state index in [0.717, 1.165) is 36.9 Å². The molecule has 0 spiro atoms. The first-order valence-corrected chi connectivity index (χ1v) is 9.14. The number of aromatic carboxylic acids is 1. The molecule has 2 aromatic carbocycles. The molecule has 142 valence electrons. The first-order chi connectivity index (χ1) is 13.0. The van der Waals surface area contributed by atoms with Crippen molar-refractivity contribution < 1.29 is 19.4 Å². The van der Waals surface area contributed by atoms with Gasteiger partial charge in [0.1, 0.15) is 5.75 Å². The number of carboxylic acid groups (broad SMARTS) is 1. The summed E-state index contributed by atoms with van der Waals surface area (Å²) in [6.45, 7) is 2.00. The van der Waals surface area contributed by atoms with Crippen LogP contribution in [0.15, 0.2) is 48.5 Å². The highest BCUT2D eigenvalue weighted by molar-refractivity contribution is 5.89. The van der Waals surface area contributed by atoms with E-state index in [9.17, 15) is 9.59 Å². The van der Waals surface area contributed by atoms with Crippen molar-refractivity contribution in [2.75, 3.05) is 5.32 Å². The highest BCUT2D eigenvalue weighted by atomic mass is 16.5. The number of hydrogen-bond acceptors (Lipinski definition) is 3. The average molecular weight is 368 g/mol. The van der Waals surface area contributed by atoms with Crippen molar-refractivity contribution >= 4 is 17.7 Å². The number of carbonyl (C=O) groups excluding carboxylic acids is 1. The van der Waals surface area contributed by atoms with Crippen molar-refractivity contribution in [2.24, 2.45) is 0 Å². The highest BCUT2D eigenvalue weighted by Gasteiger charge is 2.23. The second kappa shape index (κ2) is 8.58. The summed E-state index contributed by atoms with van der Waals surface area (Å²) in [6.07, 6.45) is 3.46. The first-order valence-electron chi connectivity index (χ1n) is 9.14. The minimum absolute atomic E-state index is 0.0823. The normalized spacial score (nSPS) is 19.1. The zero-order chi connectivity index (χ0) is 19.2. The maximum absolute atomic E-state index is 12.1. The lowest BCUT2D eigenvalue weighted by Crippen LogP contribution is -2.41. The Morgan fingerprint density at radius 2 is 1.59 bits per heavy atom. The van der Waals surface area contributed by atoms with Crippen molar-refractivity contribution in [1.82, 2.24) is 5.32 Å². The van der Waals surface area contributed by atoms with Gasteiger partial charge in [-0.2, -0.15) is 0 Å². The van der Waals surface area contributed by atoms with E-state index in [0.29, 0.717) is 5.75 Å². The fourth-order valence-electron chi connectivity index (χ4n) is 3.18. The Kier molecular flexibility index (Phi) is 5.96. The molecule has 0 atom stereocenters. The number of nitrogens with one attached hydrogen (secondary N) is 2. The zero-order valence-electron chi connectivity index (χ0n) is 15.3. The number of anilines is 1. The van der Waals surface area contributed by atoms with Gasteiger partial charge in [0.2, 0.25) is 0 Å². The smallest absolute Gasteiger partial charge is 0.335 e. The van der Waals surface area contributed by atoms with Gasteiger partial charge in [-0.15, -0.1) is 0 Å². The van der Waals surface area contributed by atoms with Crippen LogP contribution in [0.25, 0.3) is 0 Å². The maximum atomic E-state index is 12.1. The molecule has 0 radical (unpaired) electrons. The van der Waals surface area contributed by atoms with Gasteiger partial charge in [-0.3, -0.25) is 0 Å². The Morgan fingerprint density at radius 3 is 2.19 bits per heavy atom. The molecule has 2 aromatic rings. The predicted molar refractivity (Wildman–Crippen MR) is 103 cm³/mol. The zero-order valence-corrected chi connectivity index (χ0v) is 15.3. The molecule has 3 rings (SSSR count).